The number of carbonyl (C=O) groups is 1. The van der Waals surface area contributed by atoms with Crippen molar-refractivity contribution in [2.75, 3.05) is 46.6 Å². The van der Waals surface area contributed by atoms with Crippen molar-refractivity contribution in [2.45, 2.75) is 19.5 Å². The van der Waals surface area contributed by atoms with Crippen LogP contribution in [0.4, 0.5) is 0 Å². The van der Waals surface area contributed by atoms with Crippen molar-refractivity contribution in [1.82, 2.24) is 14.8 Å². The van der Waals surface area contributed by atoms with Gasteiger partial charge in [-0.25, -0.2) is 0 Å². The maximum Gasteiger partial charge on any atom is 0.245 e. The van der Waals surface area contributed by atoms with Gasteiger partial charge in [0, 0.05) is 44.0 Å². The molecule has 2 aromatic rings. The third kappa shape index (κ3) is 5.13. The number of nitrogens with zero attached hydrogens (tertiary/aromatic N) is 3. The Bertz CT molecular complexity index is 716. The number of rotatable bonds is 8. The topological polar surface area (TPSA) is 54.9 Å². The number of hydrogen-bond donors (Lipinski definition) is 0. The molecule has 7 heteroatoms. The molecular formula is C20H27N3O3S. The highest BCUT2D eigenvalue weighted by Crippen LogP contribution is 2.26. The van der Waals surface area contributed by atoms with Gasteiger partial charge in [-0.1, -0.05) is 6.07 Å². The molecule has 1 fully saturated rings. The number of carbonyl (C=O) groups excluding carboxylic acids is 1. The Hall–Kier alpha value is -1.80. The van der Waals surface area contributed by atoms with E-state index in [2.05, 4.69) is 28.3 Å². The second-order valence-electron chi connectivity index (χ2n) is 6.62. The molecule has 0 unspecified atom stereocenters. The van der Waals surface area contributed by atoms with Crippen LogP contribution in [0.25, 0.3) is 0 Å². The van der Waals surface area contributed by atoms with E-state index in [4.69, 9.17) is 9.47 Å². The number of ether oxygens (including phenoxy) is 2. The minimum atomic E-state index is -0.347. The monoisotopic (exact) mass is 389 g/mol. The van der Waals surface area contributed by atoms with Crippen LogP contribution in [-0.2, 0) is 20.8 Å². The number of methoxy groups -OCH3 is 1. The SMILES string of the molecule is COCCN(Cc1sccc1C)C(=O)[C@@H](c1cccnc1)N1CCOCC1. The molecule has 1 atom stereocenters. The lowest BCUT2D eigenvalue weighted by atomic mass is 10.0. The molecule has 0 N–H and O–H groups in total. The van der Waals surface area contributed by atoms with Gasteiger partial charge in [-0.15, -0.1) is 11.3 Å². The number of thiophene rings is 1. The molecular weight excluding hydrogens is 362 g/mol. The lowest BCUT2D eigenvalue weighted by molar-refractivity contribution is -0.140. The van der Waals surface area contributed by atoms with E-state index >= 15 is 0 Å². The van der Waals surface area contributed by atoms with Crippen molar-refractivity contribution in [3.63, 3.8) is 0 Å². The molecule has 6 nitrogen and oxygen atoms in total. The minimum absolute atomic E-state index is 0.0924. The molecule has 0 radical (unpaired) electrons. The van der Waals surface area contributed by atoms with Crippen LogP contribution in [0.5, 0.6) is 0 Å². The molecule has 3 heterocycles. The standard InChI is InChI=1S/C20H27N3O3S/c1-16-5-13-27-18(16)15-23(7-10-25-2)20(24)19(17-4-3-6-21-14-17)22-8-11-26-12-9-22/h3-6,13-14,19H,7-12,15H2,1-2H3/t19-/m1/s1. The van der Waals surface area contributed by atoms with Crippen molar-refractivity contribution in [1.29, 1.82) is 0 Å². The van der Waals surface area contributed by atoms with Gasteiger partial charge in [-0.05, 0) is 35.6 Å². The van der Waals surface area contributed by atoms with Gasteiger partial charge >= 0.3 is 0 Å². The fourth-order valence-electron chi connectivity index (χ4n) is 3.26. The second-order valence-corrected chi connectivity index (χ2v) is 7.62. The Kier molecular flexibility index (Phi) is 7.34. The Morgan fingerprint density at radius 2 is 2.22 bits per heavy atom. The normalized spacial score (nSPS) is 16.2. The Morgan fingerprint density at radius 3 is 2.85 bits per heavy atom. The zero-order chi connectivity index (χ0) is 19.1. The van der Waals surface area contributed by atoms with E-state index in [1.165, 1.54) is 10.4 Å². The smallest absolute Gasteiger partial charge is 0.245 e. The van der Waals surface area contributed by atoms with Gasteiger partial charge in [0.05, 0.1) is 26.4 Å². The zero-order valence-corrected chi connectivity index (χ0v) is 16.8. The highest BCUT2D eigenvalue weighted by molar-refractivity contribution is 7.10. The second kappa shape index (κ2) is 9.94. The fraction of sp³-hybridized carbons (Fsp3) is 0.500. The maximum atomic E-state index is 13.7. The predicted octanol–water partition coefficient (Wildman–Crippen LogP) is 2.50. The average molecular weight is 390 g/mol. The summed E-state index contributed by atoms with van der Waals surface area (Å²) in [6.45, 7) is 6.53. The quantitative estimate of drug-likeness (QED) is 0.694. The summed E-state index contributed by atoms with van der Waals surface area (Å²) in [6.07, 6.45) is 3.53. The molecule has 1 aliphatic rings. The number of amides is 1. The van der Waals surface area contributed by atoms with Crippen LogP contribution >= 0.6 is 11.3 Å². The van der Waals surface area contributed by atoms with Gasteiger partial charge in [0.1, 0.15) is 6.04 Å². The van der Waals surface area contributed by atoms with Gasteiger partial charge in [-0.2, -0.15) is 0 Å². The highest BCUT2D eigenvalue weighted by Gasteiger charge is 2.32. The number of aromatic nitrogens is 1. The Morgan fingerprint density at radius 1 is 1.41 bits per heavy atom. The Labute approximate surface area is 164 Å². The minimum Gasteiger partial charge on any atom is -0.383 e. The zero-order valence-electron chi connectivity index (χ0n) is 16.0. The van der Waals surface area contributed by atoms with E-state index in [0.29, 0.717) is 32.9 Å². The largest absolute Gasteiger partial charge is 0.383 e. The number of aryl methyl sites for hydroxylation is 1. The summed E-state index contributed by atoms with van der Waals surface area (Å²) < 4.78 is 10.8. The summed E-state index contributed by atoms with van der Waals surface area (Å²) in [5, 5.41) is 2.07. The molecule has 1 amide bonds. The molecule has 0 spiro atoms. The van der Waals surface area contributed by atoms with Crippen LogP contribution in [0.15, 0.2) is 36.0 Å². The van der Waals surface area contributed by atoms with Crippen molar-refractivity contribution in [3.05, 3.63) is 52.0 Å². The molecule has 0 aromatic carbocycles. The third-order valence-electron chi connectivity index (χ3n) is 4.82. The first-order valence-electron chi connectivity index (χ1n) is 9.23. The van der Waals surface area contributed by atoms with E-state index in [1.807, 2.05) is 17.0 Å². The van der Waals surface area contributed by atoms with E-state index < -0.39 is 0 Å². The van der Waals surface area contributed by atoms with Gasteiger partial charge in [0.15, 0.2) is 0 Å². The van der Waals surface area contributed by atoms with Gasteiger partial charge in [0.25, 0.3) is 0 Å². The van der Waals surface area contributed by atoms with E-state index in [9.17, 15) is 4.79 Å². The number of morpholine rings is 1. The summed E-state index contributed by atoms with van der Waals surface area (Å²) in [6, 6.07) is 5.62. The van der Waals surface area contributed by atoms with Crippen LogP contribution in [0.2, 0.25) is 0 Å². The number of hydrogen-bond acceptors (Lipinski definition) is 6. The molecule has 1 saturated heterocycles. The van der Waals surface area contributed by atoms with Crippen LogP contribution in [0.1, 0.15) is 22.0 Å². The van der Waals surface area contributed by atoms with Crippen LogP contribution in [0.3, 0.4) is 0 Å². The highest BCUT2D eigenvalue weighted by atomic mass is 32.1. The molecule has 3 rings (SSSR count). The van der Waals surface area contributed by atoms with Gasteiger partial charge in [-0.3, -0.25) is 14.7 Å². The van der Waals surface area contributed by atoms with Crippen molar-refractivity contribution >= 4 is 17.2 Å². The molecule has 0 aliphatic carbocycles. The van der Waals surface area contributed by atoms with Crippen LogP contribution < -0.4 is 0 Å². The lowest BCUT2D eigenvalue weighted by Gasteiger charge is -2.36. The first-order chi connectivity index (χ1) is 13.2. The van der Waals surface area contributed by atoms with E-state index in [-0.39, 0.29) is 11.9 Å². The summed E-state index contributed by atoms with van der Waals surface area (Å²) in [5.41, 5.74) is 2.15. The molecule has 2 aromatic heterocycles. The first kappa shape index (κ1) is 19.9. The molecule has 0 bridgehead atoms. The predicted molar refractivity (Wildman–Crippen MR) is 106 cm³/mol. The maximum absolute atomic E-state index is 13.7. The van der Waals surface area contributed by atoms with E-state index in [1.54, 1.807) is 30.8 Å². The summed E-state index contributed by atoms with van der Waals surface area (Å²) in [7, 11) is 1.67. The van der Waals surface area contributed by atoms with Crippen molar-refractivity contribution in [3.8, 4) is 0 Å². The summed E-state index contributed by atoms with van der Waals surface area (Å²) in [4.78, 5) is 23.2. The third-order valence-corrected chi connectivity index (χ3v) is 5.83. The summed E-state index contributed by atoms with van der Waals surface area (Å²) >= 11 is 1.69. The van der Waals surface area contributed by atoms with Crippen LogP contribution in [-0.4, -0.2) is 67.3 Å². The van der Waals surface area contributed by atoms with Gasteiger partial charge < -0.3 is 14.4 Å². The summed E-state index contributed by atoms with van der Waals surface area (Å²) in [5.74, 6) is 0.0924. The Balaban J connectivity index is 1.87. The number of pyridine rings is 1. The van der Waals surface area contributed by atoms with E-state index in [0.717, 1.165) is 18.7 Å². The van der Waals surface area contributed by atoms with Gasteiger partial charge in [0.2, 0.25) is 5.91 Å². The van der Waals surface area contributed by atoms with Crippen LogP contribution in [0, 0.1) is 6.92 Å². The molecule has 146 valence electrons. The average Bonchev–Trinajstić information content (AvgIpc) is 3.11. The van der Waals surface area contributed by atoms with Crippen molar-refractivity contribution in [2.24, 2.45) is 0 Å². The molecule has 0 saturated carbocycles. The lowest BCUT2D eigenvalue weighted by Crippen LogP contribution is -2.47. The fourth-order valence-corrected chi connectivity index (χ4v) is 4.18. The molecule has 1 aliphatic heterocycles. The van der Waals surface area contributed by atoms with Crippen molar-refractivity contribution < 1.29 is 14.3 Å². The first-order valence-corrected chi connectivity index (χ1v) is 10.1. The molecule has 27 heavy (non-hydrogen) atoms.